The fourth-order valence-electron chi connectivity index (χ4n) is 1.74. The molecular formula is C13H20N2O4S. The highest BCUT2D eigenvalue weighted by Gasteiger charge is 2.29. The second-order valence-corrected chi connectivity index (χ2v) is 6.82. The van der Waals surface area contributed by atoms with Gasteiger partial charge in [0.05, 0.1) is 4.90 Å². The van der Waals surface area contributed by atoms with Crippen LogP contribution in [0, 0.1) is 0 Å². The number of hydrogen-bond acceptors (Lipinski definition) is 4. The second-order valence-electron chi connectivity index (χ2n) is 4.93. The number of anilines is 1. The minimum absolute atomic E-state index is 0.0960. The van der Waals surface area contributed by atoms with Gasteiger partial charge < -0.3 is 10.0 Å². The van der Waals surface area contributed by atoms with E-state index in [4.69, 9.17) is 5.11 Å². The van der Waals surface area contributed by atoms with Gasteiger partial charge in [-0.25, -0.2) is 8.42 Å². The summed E-state index contributed by atoms with van der Waals surface area (Å²) in [5.74, 6) is -1.17. The highest BCUT2D eigenvalue weighted by atomic mass is 32.2. The molecule has 0 bridgehead atoms. The van der Waals surface area contributed by atoms with Crippen molar-refractivity contribution in [3.05, 3.63) is 24.3 Å². The van der Waals surface area contributed by atoms with Gasteiger partial charge in [-0.05, 0) is 32.0 Å². The third-order valence-electron chi connectivity index (χ3n) is 2.81. The Morgan fingerprint density at radius 1 is 1.30 bits per heavy atom. The zero-order chi connectivity index (χ0) is 15.5. The number of hydrogen-bond donors (Lipinski definition) is 1. The molecule has 0 saturated carbocycles. The Kier molecular flexibility index (Phi) is 5.13. The summed E-state index contributed by atoms with van der Waals surface area (Å²) in [7, 11) is -0.208. The number of nitrogens with zero attached hydrogens (tertiary/aromatic N) is 2. The summed E-state index contributed by atoms with van der Waals surface area (Å²) >= 11 is 0. The third kappa shape index (κ3) is 3.71. The first kappa shape index (κ1) is 16.5. The lowest BCUT2D eigenvalue weighted by Gasteiger charge is -2.24. The number of benzene rings is 1. The summed E-state index contributed by atoms with van der Waals surface area (Å²) in [5.41, 5.74) is 0.741. The topological polar surface area (TPSA) is 77.9 Å². The second kappa shape index (κ2) is 6.23. The first-order valence-corrected chi connectivity index (χ1v) is 7.61. The van der Waals surface area contributed by atoms with Gasteiger partial charge in [0.2, 0.25) is 10.0 Å². The maximum Gasteiger partial charge on any atom is 0.318 e. The van der Waals surface area contributed by atoms with Crippen molar-refractivity contribution in [1.82, 2.24) is 4.31 Å². The van der Waals surface area contributed by atoms with Gasteiger partial charge in [-0.2, -0.15) is 4.31 Å². The molecule has 1 N–H and O–H groups in total. The van der Waals surface area contributed by atoms with E-state index in [1.54, 1.807) is 30.9 Å². The van der Waals surface area contributed by atoms with Crippen molar-refractivity contribution in [2.75, 3.05) is 25.5 Å². The molecule has 0 atom stereocenters. The van der Waals surface area contributed by atoms with E-state index in [-0.39, 0.29) is 4.90 Å². The van der Waals surface area contributed by atoms with E-state index in [1.807, 2.05) is 14.1 Å². The van der Waals surface area contributed by atoms with Crippen molar-refractivity contribution in [1.29, 1.82) is 0 Å². The molecule has 0 aliphatic carbocycles. The molecule has 1 rings (SSSR count). The first-order valence-electron chi connectivity index (χ1n) is 6.17. The summed E-state index contributed by atoms with van der Waals surface area (Å²) in [5, 5.41) is 8.87. The van der Waals surface area contributed by atoms with E-state index in [0.29, 0.717) is 0 Å². The Morgan fingerprint density at radius 2 is 1.90 bits per heavy atom. The van der Waals surface area contributed by atoms with Crippen LogP contribution in [-0.4, -0.2) is 50.5 Å². The SMILES string of the molecule is CC(C)N(CC(=O)O)S(=O)(=O)c1cccc(N(C)C)c1. The lowest BCUT2D eigenvalue weighted by molar-refractivity contribution is -0.137. The lowest BCUT2D eigenvalue weighted by atomic mass is 10.3. The lowest BCUT2D eigenvalue weighted by Crippen LogP contribution is -2.40. The van der Waals surface area contributed by atoms with Crippen LogP contribution < -0.4 is 4.90 Å². The van der Waals surface area contributed by atoms with Crippen LogP contribution in [-0.2, 0) is 14.8 Å². The molecule has 0 amide bonds. The number of carboxylic acids is 1. The predicted molar refractivity (Wildman–Crippen MR) is 77.4 cm³/mol. The largest absolute Gasteiger partial charge is 0.480 e. The molecule has 112 valence electrons. The zero-order valence-corrected chi connectivity index (χ0v) is 12.9. The quantitative estimate of drug-likeness (QED) is 0.855. The van der Waals surface area contributed by atoms with Crippen LogP contribution in [0.3, 0.4) is 0 Å². The van der Waals surface area contributed by atoms with Crippen LogP contribution in [0.25, 0.3) is 0 Å². The van der Waals surface area contributed by atoms with Crippen molar-refractivity contribution in [3.63, 3.8) is 0 Å². The predicted octanol–water partition coefficient (Wildman–Crippen LogP) is 1.24. The van der Waals surface area contributed by atoms with Crippen LogP contribution in [0.4, 0.5) is 5.69 Å². The number of aliphatic carboxylic acids is 1. The molecule has 20 heavy (non-hydrogen) atoms. The number of rotatable bonds is 6. The van der Waals surface area contributed by atoms with E-state index in [0.717, 1.165) is 9.99 Å². The van der Waals surface area contributed by atoms with Gasteiger partial charge in [0, 0.05) is 25.8 Å². The average Bonchev–Trinajstić information content (AvgIpc) is 2.35. The summed E-state index contributed by atoms with van der Waals surface area (Å²) in [6, 6.07) is 6.00. The maximum absolute atomic E-state index is 12.5. The van der Waals surface area contributed by atoms with E-state index >= 15 is 0 Å². The van der Waals surface area contributed by atoms with Gasteiger partial charge in [-0.15, -0.1) is 0 Å². The molecule has 1 aromatic rings. The molecule has 0 aliphatic rings. The number of carboxylic acid groups (broad SMARTS) is 1. The summed E-state index contributed by atoms with van der Waals surface area (Å²) in [4.78, 5) is 12.7. The fourth-order valence-corrected chi connectivity index (χ4v) is 3.36. The van der Waals surface area contributed by atoms with Crippen molar-refractivity contribution < 1.29 is 18.3 Å². The first-order chi connectivity index (χ1) is 9.16. The summed E-state index contributed by atoms with van der Waals surface area (Å²) < 4.78 is 26.0. The van der Waals surface area contributed by atoms with Crippen LogP contribution in [0.2, 0.25) is 0 Å². The number of carbonyl (C=O) groups is 1. The normalized spacial score (nSPS) is 11.9. The Hall–Kier alpha value is -1.60. The molecule has 0 aromatic heterocycles. The van der Waals surface area contributed by atoms with Crippen molar-refractivity contribution in [2.45, 2.75) is 24.8 Å². The summed E-state index contributed by atoms with van der Waals surface area (Å²) in [6.07, 6.45) is 0. The minimum Gasteiger partial charge on any atom is -0.480 e. The van der Waals surface area contributed by atoms with E-state index in [2.05, 4.69) is 0 Å². The van der Waals surface area contributed by atoms with Gasteiger partial charge in [0.1, 0.15) is 6.54 Å². The van der Waals surface area contributed by atoms with Crippen molar-refractivity contribution in [2.24, 2.45) is 0 Å². The van der Waals surface area contributed by atoms with Gasteiger partial charge in [0.25, 0.3) is 0 Å². The van der Waals surface area contributed by atoms with Gasteiger partial charge >= 0.3 is 5.97 Å². The highest BCUT2D eigenvalue weighted by molar-refractivity contribution is 7.89. The third-order valence-corrected chi connectivity index (χ3v) is 4.83. The van der Waals surface area contributed by atoms with Crippen LogP contribution in [0.15, 0.2) is 29.2 Å². The molecule has 0 saturated heterocycles. The van der Waals surface area contributed by atoms with Crippen LogP contribution in [0.1, 0.15) is 13.8 Å². The monoisotopic (exact) mass is 300 g/mol. The maximum atomic E-state index is 12.5. The molecule has 1 aromatic carbocycles. The van der Waals surface area contributed by atoms with Gasteiger partial charge in [0.15, 0.2) is 0 Å². The Labute approximate surface area is 119 Å². The zero-order valence-electron chi connectivity index (χ0n) is 12.1. The fraction of sp³-hybridized carbons (Fsp3) is 0.462. The Morgan fingerprint density at radius 3 is 2.35 bits per heavy atom. The standard InChI is InChI=1S/C13H20N2O4S/c1-10(2)15(9-13(16)17)20(18,19)12-7-5-6-11(8-12)14(3)4/h5-8,10H,9H2,1-4H3,(H,16,17). The molecule has 7 heteroatoms. The van der Waals surface area contributed by atoms with Crippen LogP contribution in [0.5, 0.6) is 0 Å². The molecular weight excluding hydrogens is 280 g/mol. The van der Waals surface area contributed by atoms with E-state index < -0.39 is 28.6 Å². The Bertz CT molecular complexity index is 582. The van der Waals surface area contributed by atoms with E-state index in [1.165, 1.54) is 12.1 Å². The molecule has 0 radical (unpaired) electrons. The number of sulfonamides is 1. The molecule has 0 aliphatic heterocycles. The molecule has 0 unspecified atom stereocenters. The molecule has 0 fully saturated rings. The summed E-state index contributed by atoms with van der Waals surface area (Å²) in [6.45, 7) is 2.75. The molecule has 0 spiro atoms. The van der Waals surface area contributed by atoms with E-state index in [9.17, 15) is 13.2 Å². The minimum atomic E-state index is -3.83. The van der Waals surface area contributed by atoms with Gasteiger partial charge in [-0.3, -0.25) is 4.79 Å². The molecule has 0 heterocycles. The van der Waals surface area contributed by atoms with Crippen molar-refractivity contribution in [3.8, 4) is 0 Å². The molecule has 6 nitrogen and oxygen atoms in total. The average molecular weight is 300 g/mol. The van der Waals surface area contributed by atoms with Crippen molar-refractivity contribution >= 4 is 21.7 Å². The van der Waals surface area contributed by atoms with Crippen LogP contribution >= 0.6 is 0 Å². The van der Waals surface area contributed by atoms with Gasteiger partial charge in [-0.1, -0.05) is 6.07 Å². The Balaban J connectivity index is 3.26. The smallest absolute Gasteiger partial charge is 0.318 e. The highest BCUT2D eigenvalue weighted by Crippen LogP contribution is 2.22.